The van der Waals surface area contributed by atoms with Gasteiger partial charge in [0.25, 0.3) is 5.91 Å². The Kier molecular flexibility index (Phi) is 6.11. The molecule has 4 rings (SSSR count). The first-order valence-electron chi connectivity index (χ1n) is 9.98. The standard InChI is InChI=1S/C23H24BrN5O/c1-26-23(30)21-22(25)28-13-20(29-21)17-4-2-3-14(9-17)12-27-19-8-6-15-10-18(24)7-5-16(15)11-19/h2-5,7,9-10,13,19,27H,6,8,11-12H2,1H3,(H2,25,28)(H,26,30)/t19-/m1/s1. The van der Waals surface area contributed by atoms with Crippen LogP contribution in [0.5, 0.6) is 0 Å². The molecule has 0 spiro atoms. The van der Waals surface area contributed by atoms with Crippen LogP contribution in [0.2, 0.25) is 0 Å². The van der Waals surface area contributed by atoms with Crippen LogP contribution < -0.4 is 16.4 Å². The van der Waals surface area contributed by atoms with Gasteiger partial charge < -0.3 is 16.4 Å². The summed E-state index contributed by atoms with van der Waals surface area (Å²) in [4.78, 5) is 20.5. The zero-order valence-electron chi connectivity index (χ0n) is 16.8. The average molecular weight is 466 g/mol. The molecule has 0 unspecified atom stereocenters. The van der Waals surface area contributed by atoms with Crippen LogP contribution in [0.4, 0.5) is 5.82 Å². The Morgan fingerprint density at radius 1 is 1.23 bits per heavy atom. The number of benzene rings is 2. The highest BCUT2D eigenvalue weighted by molar-refractivity contribution is 9.10. The lowest BCUT2D eigenvalue weighted by Crippen LogP contribution is -2.34. The molecule has 0 bridgehead atoms. The van der Waals surface area contributed by atoms with Gasteiger partial charge in [0, 0.05) is 29.7 Å². The molecule has 1 aliphatic carbocycles. The first-order chi connectivity index (χ1) is 14.5. The summed E-state index contributed by atoms with van der Waals surface area (Å²) in [7, 11) is 1.55. The number of amides is 1. The highest BCUT2D eigenvalue weighted by Gasteiger charge is 2.18. The number of nitrogens with zero attached hydrogens (tertiary/aromatic N) is 2. The van der Waals surface area contributed by atoms with E-state index in [2.05, 4.69) is 66.9 Å². The highest BCUT2D eigenvalue weighted by Crippen LogP contribution is 2.25. The molecule has 1 heterocycles. The molecule has 3 aromatic rings. The molecule has 0 saturated heterocycles. The highest BCUT2D eigenvalue weighted by atomic mass is 79.9. The molecule has 1 amide bonds. The smallest absolute Gasteiger partial charge is 0.273 e. The van der Waals surface area contributed by atoms with Gasteiger partial charge in [-0.2, -0.15) is 0 Å². The molecule has 2 aromatic carbocycles. The van der Waals surface area contributed by atoms with Crippen molar-refractivity contribution in [1.82, 2.24) is 20.6 Å². The Balaban J connectivity index is 1.46. The minimum atomic E-state index is -0.343. The molecule has 6 nitrogen and oxygen atoms in total. The number of hydrogen-bond donors (Lipinski definition) is 3. The largest absolute Gasteiger partial charge is 0.382 e. The van der Waals surface area contributed by atoms with Crippen LogP contribution in [-0.4, -0.2) is 29.0 Å². The van der Waals surface area contributed by atoms with Gasteiger partial charge in [0.05, 0.1) is 11.9 Å². The Morgan fingerprint density at radius 3 is 2.93 bits per heavy atom. The summed E-state index contributed by atoms with van der Waals surface area (Å²) in [6, 6.07) is 15.2. The second kappa shape index (κ2) is 8.93. The van der Waals surface area contributed by atoms with E-state index in [0.29, 0.717) is 11.7 Å². The molecule has 1 aliphatic rings. The van der Waals surface area contributed by atoms with Gasteiger partial charge in [-0.25, -0.2) is 9.97 Å². The third-order valence-electron chi connectivity index (χ3n) is 5.46. The number of carbonyl (C=O) groups excluding carboxylic acids is 1. The molecular formula is C23H24BrN5O. The van der Waals surface area contributed by atoms with Crippen LogP contribution in [0.1, 0.15) is 33.6 Å². The van der Waals surface area contributed by atoms with Crippen molar-refractivity contribution in [3.63, 3.8) is 0 Å². The van der Waals surface area contributed by atoms with Gasteiger partial charge >= 0.3 is 0 Å². The molecule has 7 heteroatoms. The third-order valence-corrected chi connectivity index (χ3v) is 5.95. The Bertz CT molecular complexity index is 1080. The number of hydrogen-bond acceptors (Lipinski definition) is 5. The number of carbonyl (C=O) groups is 1. The van der Waals surface area contributed by atoms with Crippen LogP contribution >= 0.6 is 15.9 Å². The summed E-state index contributed by atoms with van der Waals surface area (Å²) in [6.45, 7) is 0.773. The summed E-state index contributed by atoms with van der Waals surface area (Å²) in [6.07, 6.45) is 4.86. The van der Waals surface area contributed by atoms with Gasteiger partial charge in [-0.3, -0.25) is 4.79 Å². The number of rotatable bonds is 5. The van der Waals surface area contributed by atoms with Crippen LogP contribution in [0.3, 0.4) is 0 Å². The van der Waals surface area contributed by atoms with E-state index in [0.717, 1.165) is 41.4 Å². The summed E-state index contributed by atoms with van der Waals surface area (Å²) < 4.78 is 1.15. The lowest BCUT2D eigenvalue weighted by molar-refractivity contribution is 0.0959. The molecule has 1 atom stereocenters. The number of nitrogen functional groups attached to an aromatic ring is 1. The minimum Gasteiger partial charge on any atom is -0.382 e. The monoisotopic (exact) mass is 465 g/mol. The lowest BCUT2D eigenvalue weighted by Gasteiger charge is -2.26. The first kappa shape index (κ1) is 20.5. The normalized spacial score (nSPS) is 15.5. The van der Waals surface area contributed by atoms with E-state index in [1.807, 2.05) is 12.1 Å². The topological polar surface area (TPSA) is 92.9 Å². The molecule has 4 N–H and O–H groups in total. The predicted molar refractivity (Wildman–Crippen MR) is 122 cm³/mol. The van der Waals surface area contributed by atoms with E-state index in [1.165, 1.54) is 11.1 Å². The molecule has 0 radical (unpaired) electrons. The number of nitrogens with two attached hydrogens (primary N) is 1. The molecule has 154 valence electrons. The second-order valence-corrected chi connectivity index (χ2v) is 8.42. The van der Waals surface area contributed by atoms with Crippen molar-refractivity contribution < 1.29 is 4.79 Å². The summed E-state index contributed by atoms with van der Waals surface area (Å²) in [5.74, 6) is -0.218. The predicted octanol–water partition coefficient (Wildman–Crippen LogP) is 3.50. The van der Waals surface area contributed by atoms with Crippen molar-refractivity contribution >= 4 is 27.7 Å². The number of fused-ring (bicyclic) bond motifs is 1. The molecule has 0 saturated carbocycles. The number of aromatic nitrogens is 2. The maximum absolute atomic E-state index is 12.0. The van der Waals surface area contributed by atoms with E-state index < -0.39 is 0 Å². The molecular weight excluding hydrogens is 442 g/mol. The minimum absolute atomic E-state index is 0.125. The van der Waals surface area contributed by atoms with Gasteiger partial charge in [-0.15, -0.1) is 0 Å². The number of halogens is 1. The maximum Gasteiger partial charge on any atom is 0.273 e. The average Bonchev–Trinajstić information content (AvgIpc) is 2.77. The number of anilines is 1. The zero-order chi connectivity index (χ0) is 21.1. The zero-order valence-corrected chi connectivity index (χ0v) is 18.4. The van der Waals surface area contributed by atoms with E-state index in [9.17, 15) is 4.79 Å². The summed E-state index contributed by atoms with van der Waals surface area (Å²) in [5, 5.41) is 6.23. The fourth-order valence-corrected chi connectivity index (χ4v) is 4.23. The SMILES string of the molecule is CNC(=O)c1nc(-c2cccc(CN[C@@H]3CCc4cc(Br)ccc4C3)c2)cnc1N. The van der Waals surface area contributed by atoms with E-state index in [-0.39, 0.29) is 17.4 Å². The van der Waals surface area contributed by atoms with Crippen molar-refractivity contribution in [3.05, 3.63) is 75.5 Å². The first-order valence-corrected chi connectivity index (χ1v) is 10.8. The van der Waals surface area contributed by atoms with E-state index in [1.54, 1.807) is 13.2 Å². The van der Waals surface area contributed by atoms with Crippen molar-refractivity contribution in [2.24, 2.45) is 0 Å². The van der Waals surface area contributed by atoms with Gasteiger partial charge in [-0.1, -0.05) is 40.2 Å². The van der Waals surface area contributed by atoms with Crippen molar-refractivity contribution in [2.45, 2.75) is 31.8 Å². The molecule has 0 aliphatic heterocycles. The van der Waals surface area contributed by atoms with E-state index in [4.69, 9.17) is 5.73 Å². The lowest BCUT2D eigenvalue weighted by atomic mass is 9.88. The number of nitrogens with one attached hydrogen (secondary N) is 2. The molecule has 1 aromatic heterocycles. The fourth-order valence-electron chi connectivity index (χ4n) is 3.82. The Hall–Kier alpha value is -2.77. The fraction of sp³-hybridized carbons (Fsp3) is 0.261. The van der Waals surface area contributed by atoms with Crippen LogP contribution in [0, 0.1) is 0 Å². The van der Waals surface area contributed by atoms with Gasteiger partial charge in [-0.05, 0) is 54.2 Å². The Labute approximate surface area is 184 Å². The van der Waals surface area contributed by atoms with Crippen molar-refractivity contribution in [2.75, 3.05) is 12.8 Å². The summed E-state index contributed by atoms with van der Waals surface area (Å²) >= 11 is 3.56. The van der Waals surface area contributed by atoms with Crippen LogP contribution in [-0.2, 0) is 19.4 Å². The van der Waals surface area contributed by atoms with Gasteiger partial charge in [0.1, 0.15) is 0 Å². The quantitative estimate of drug-likeness (QED) is 0.536. The van der Waals surface area contributed by atoms with Crippen molar-refractivity contribution in [1.29, 1.82) is 0 Å². The molecule has 0 fully saturated rings. The van der Waals surface area contributed by atoms with Crippen molar-refractivity contribution in [3.8, 4) is 11.3 Å². The maximum atomic E-state index is 12.0. The Morgan fingerprint density at radius 2 is 2.10 bits per heavy atom. The number of aryl methyl sites for hydroxylation is 1. The second-order valence-electron chi connectivity index (χ2n) is 7.50. The van der Waals surface area contributed by atoms with Crippen LogP contribution in [0.15, 0.2) is 53.1 Å². The van der Waals surface area contributed by atoms with E-state index >= 15 is 0 Å². The third kappa shape index (κ3) is 4.52. The van der Waals surface area contributed by atoms with Gasteiger partial charge in [0.2, 0.25) is 0 Å². The summed E-state index contributed by atoms with van der Waals surface area (Å²) in [5.41, 5.74) is 11.5. The molecule has 30 heavy (non-hydrogen) atoms. The van der Waals surface area contributed by atoms with Gasteiger partial charge in [0.15, 0.2) is 11.5 Å². The van der Waals surface area contributed by atoms with Crippen LogP contribution in [0.25, 0.3) is 11.3 Å².